The predicted octanol–water partition coefficient (Wildman–Crippen LogP) is 2.57. The number of rotatable bonds is 3. The van der Waals surface area contributed by atoms with E-state index in [4.69, 9.17) is 0 Å². The number of hydrogen-bond donors (Lipinski definition) is 1. The quantitative estimate of drug-likeness (QED) is 0.653. The summed E-state index contributed by atoms with van der Waals surface area (Å²) in [6.07, 6.45) is 3.55. The second kappa shape index (κ2) is 3.83. The van der Waals surface area contributed by atoms with E-state index < -0.39 is 8.87 Å². The molecule has 0 aliphatic heterocycles. The first-order chi connectivity index (χ1) is 6.97. The summed E-state index contributed by atoms with van der Waals surface area (Å²) in [5, 5.41) is 0. The van der Waals surface area contributed by atoms with Crippen molar-refractivity contribution in [2.24, 2.45) is 5.92 Å². The lowest BCUT2D eigenvalue weighted by atomic mass is 10.0. The Morgan fingerprint density at radius 3 is 2.60 bits per heavy atom. The van der Waals surface area contributed by atoms with Crippen LogP contribution in [-0.4, -0.2) is 8.42 Å². The third kappa shape index (κ3) is 2.75. The number of hydrogen-bond acceptors (Lipinski definition) is 2. The van der Waals surface area contributed by atoms with Gasteiger partial charge in [0.25, 0.3) is 0 Å². The molecule has 1 aromatic carbocycles. The SMILES string of the molecule is Cc1ccc(S(=O)(=O)S)cc1CC1CC1. The van der Waals surface area contributed by atoms with Gasteiger partial charge in [0.05, 0.1) is 4.90 Å². The van der Waals surface area contributed by atoms with Crippen LogP contribution in [0.4, 0.5) is 0 Å². The minimum Gasteiger partial charge on any atom is -0.212 e. The van der Waals surface area contributed by atoms with E-state index in [9.17, 15) is 8.42 Å². The van der Waals surface area contributed by atoms with Crippen LogP contribution < -0.4 is 0 Å². The Balaban J connectivity index is 2.35. The van der Waals surface area contributed by atoms with Gasteiger partial charge in [-0.2, -0.15) is 0 Å². The minimum absolute atomic E-state index is 0.312. The van der Waals surface area contributed by atoms with Crippen molar-refractivity contribution in [2.75, 3.05) is 0 Å². The maximum Gasteiger partial charge on any atom is 0.227 e. The van der Waals surface area contributed by atoms with Crippen LogP contribution in [0.1, 0.15) is 24.0 Å². The van der Waals surface area contributed by atoms with Crippen molar-refractivity contribution in [1.29, 1.82) is 0 Å². The van der Waals surface area contributed by atoms with Gasteiger partial charge in [0.1, 0.15) is 0 Å². The van der Waals surface area contributed by atoms with Crippen molar-refractivity contribution in [3.63, 3.8) is 0 Å². The summed E-state index contributed by atoms with van der Waals surface area (Å²) in [7, 11) is -3.36. The second-order valence-corrected chi connectivity index (χ2v) is 7.07. The standard InChI is InChI=1S/C11H14O2S2/c1-8-2-5-11(15(12,13)14)7-10(8)6-9-3-4-9/h2,5,7,9H,3-4,6H2,1H3,(H,12,13,14). The summed E-state index contributed by atoms with van der Waals surface area (Å²) in [5.74, 6) is 0.765. The van der Waals surface area contributed by atoms with E-state index in [1.54, 1.807) is 12.1 Å². The van der Waals surface area contributed by atoms with Crippen LogP contribution in [0, 0.1) is 12.8 Å². The molecule has 1 fully saturated rings. The van der Waals surface area contributed by atoms with Gasteiger partial charge in [-0.25, -0.2) is 8.42 Å². The Hall–Kier alpha value is -0.480. The Bertz CT molecular complexity index is 473. The van der Waals surface area contributed by atoms with Gasteiger partial charge in [0.15, 0.2) is 0 Å². The molecule has 0 unspecified atom stereocenters. The maximum absolute atomic E-state index is 11.3. The van der Waals surface area contributed by atoms with E-state index in [2.05, 4.69) is 11.7 Å². The molecule has 0 heterocycles. The van der Waals surface area contributed by atoms with Gasteiger partial charge in [0, 0.05) is 0 Å². The van der Waals surface area contributed by atoms with Gasteiger partial charge in [-0.15, -0.1) is 0 Å². The number of benzene rings is 1. The molecule has 0 N–H and O–H groups in total. The second-order valence-electron chi connectivity index (χ2n) is 4.21. The van der Waals surface area contributed by atoms with E-state index in [1.807, 2.05) is 13.0 Å². The summed E-state index contributed by atoms with van der Waals surface area (Å²) < 4.78 is 22.5. The summed E-state index contributed by atoms with van der Waals surface area (Å²) in [4.78, 5) is 0.312. The topological polar surface area (TPSA) is 34.1 Å². The highest BCUT2D eigenvalue weighted by Crippen LogP contribution is 2.34. The van der Waals surface area contributed by atoms with Crippen molar-refractivity contribution >= 4 is 20.5 Å². The molecule has 1 aliphatic rings. The van der Waals surface area contributed by atoms with Gasteiger partial charge in [-0.3, -0.25) is 0 Å². The molecular weight excluding hydrogens is 228 g/mol. The van der Waals surface area contributed by atoms with Crippen LogP contribution in [-0.2, 0) is 15.3 Å². The third-order valence-corrected chi connectivity index (χ3v) is 4.31. The van der Waals surface area contributed by atoms with E-state index in [0.29, 0.717) is 4.90 Å². The summed E-state index contributed by atoms with van der Waals surface area (Å²) >= 11 is 3.60. The minimum atomic E-state index is -3.36. The normalized spacial score (nSPS) is 16.7. The molecule has 2 nitrogen and oxygen atoms in total. The first kappa shape index (κ1) is 11.0. The first-order valence-electron chi connectivity index (χ1n) is 5.04. The lowest BCUT2D eigenvalue weighted by Gasteiger charge is -2.06. The van der Waals surface area contributed by atoms with Gasteiger partial charge >= 0.3 is 0 Å². The highest BCUT2D eigenvalue weighted by atomic mass is 33.1. The summed E-state index contributed by atoms with van der Waals surface area (Å²) in [6.45, 7) is 2.02. The van der Waals surface area contributed by atoms with Crippen LogP contribution in [0.5, 0.6) is 0 Å². The fraction of sp³-hybridized carbons (Fsp3) is 0.455. The van der Waals surface area contributed by atoms with Crippen molar-refractivity contribution in [1.82, 2.24) is 0 Å². The van der Waals surface area contributed by atoms with E-state index >= 15 is 0 Å². The van der Waals surface area contributed by atoms with E-state index in [-0.39, 0.29) is 0 Å². The average molecular weight is 242 g/mol. The molecule has 1 saturated carbocycles. The number of thiol groups is 1. The monoisotopic (exact) mass is 242 g/mol. The van der Waals surface area contributed by atoms with Gasteiger partial charge < -0.3 is 0 Å². The molecule has 0 spiro atoms. The molecule has 0 radical (unpaired) electrons. The highest BCUT2D eigenvalue weighted by molar-refractivity contribution is 8.63. The molecular formula is C11H14O2S2. The molecule has 0 aromatic heterocycles. The third-order valence-electron chi connectivity index (χ3n) is 2.82. The Kier molecular flexibility index (Phi) is 2.81. The van der Waals surface area contributed by atoms with Gasteiger partial charge in [-0.1, -0.05) is 6.07 Å². The first-order valence-corrected chi connectivity index (χ1v) is 7.57. The van der Waals surface area contributed by atoms with Crippen LogP contribution in [0.25, 0.3) is 0 Å². The largest absolute Gasteiger partial charge is 0.227 e. The Morgan fingerprint density at radius 2 is 2.07 bits per heavy atom. The van der Waals surface area contributed by atoms with Crippen molar-refractivity contribution < 1.29 is 8.42 Å². The fourth-order valence-electron chi connectivity index (χ4n) is 1.66. The molecule has 4 heteroatoms. The smallest absolute Gasteiger partial charge is 0.212 e. The lowest BCUT2D eigenvalue weighted by Crippen LogP contribution is -1.96. The summed E-state index contributed by atoms with van der Waals surface area (Å²) in [6, 6.07) is 5.24. The number of aryl methyl sites for hydroxylation is 1. The molecule has 0 saturated heterocycles. The van der Waals surface area contributed by atoms with Crippen molar-refractivity contribution in [2.45, 2.75) is 31.1 Å². The molecule has 15 heavy (non-hydrogen) atoms. The van der Waals surface area contributed by atoms with Gasteiger partial charge in [0.2, 0.25) is 8.87 Å². The zero-order chi connectivity index (χ0) is 11.1. The molecule has 0 bridgehead atoms. The summed E-state index contributed by atoms with van der Waals surface area (Å²) in [5.41, 5.74) is 2.32. The van der Waals surface area contributed by atoms with E-state index in [1.165, 1.54) is 18.4 Å². The molecule has 0 amide bonds. The van der Waals surface area contributed by atoms with E-state index in [0.717, 1.165) is 17.9 Å². The van der Waals surface area contributed by atoms with Crippen LogP contribution in [0.15, 0.2) is 23.1 Å². The fourth-order valence-corrected chi connectivity index (χ4v) is 2.53. The predicted molar refractivity (Wildman–Crippen MR) is 63.8 cm³/mol. The molecule has 0 atom stereocenters. The Morgan fingerprint density at radius 1 is 1.40 bits per heavy atom. The molecule has 82 valence electrons. The Labute approximate surface area is 95.4 Å². The van der Waals surface area contributed by atoms with Crippen LogP contribution >= 0.6 is 11.7 Å². The molecule has 1 aliphatic carbocycles. The lowest BCUT2D eigenvalue weighted by molar-refractivity contribution is 0.610. The van der Waals surface area contributed by atoms with Crippen LogP contribution in [0.3, 0.4) is 0 Å². The molecule has 1 aromatic rings. The van der Waals surface area contributed by atoms with Crippen molar-refractivity contribution in [3.8, 4) is 0 Å². The molecule has 2 rings (SSSR count). The van der Waals surface area contributed by atoms with Gasteiger partial charge in [-0.05, 0) is 67.0 Å². The highest BCUT2D eigenvalue weighted by Gasteiger charge is 2.22. The zero-order valence-electron chi connectivity index (χ0n) is 8.60. The average Bonchev–Trinajstić information content (AvgIpc) is 2.90. The van der Waals surface area contributed by atoms with Crippen molar-refractivity contribution in [3.05, 3.63) is 29.3 Å². The maximum atomic E-state index is 11.3. The zero-order valence-corrected chi connectivity index (χ0v) is 10.3. The van der Waals surface area contributed by atoms with Crippen LogP contribution in [0.2, 0.25) is 0 Å².